The number of anilines is 1. The maximum atomic E-state index is 13.5. The maximum Gasteiger partial charge on any atom is 0.417 e. The number of hydrogen-bond donors (Lipinski definition) is 0. The summed E-state index contributed by atoms with van der Waals surface area (Å²) in [5, 5.41) is 4.02. The first-order valence-corrected chi connectivity index (χ1v) is 9.85. The molecule has 1 aromatic carbocycles. The molecule has 31 heavy (non-hydrogen) atoms. The zero-order valence-corrected chi connectivity index (χ0v) is 17.0. The van der Waals surface area contributed by atoms with Crippen LogP contribution < -0.4 is 4.90 Å². The number of hydrogen-bond acceptors (Lipinski definition) is 6. The van der Waals surface area contributed by atoms with E-state index < -0.39 is 11.7 Å². The Hall–Kier alpha value is -3.01. The van der Waals surface area contributed by atoms with E-state index in [1.54, 1.807) is 19.1 Å². The van der Waals surface area contributed by atoms with Crippen molar-refractivity contribution in [2.75, 3.05) is 31.1 Å². The van der Waals surface area contributed by atoms with E-state index in [4.69, 9.17) is 4.52 Å². The molecule has 1 aliphatic heterocycles. The van der Waals surface area contributed by atoms with Gasteiger partial charge in [0, 0.05) is 37.9 Å². The second-order valence-corrected chi connectivity index (χ2v) is 7.52. The summed E-state index contributed by atoms with van der Waals surface area (Å²) in [5.74, 6) is 1.09. The minimum absolute atomic E-state index is 0.134. The fourth-order valence-corrected chi connectivity index (χ4v) is 3.54. The molecule has 0 spiro atoms. The van der Waals surface area contributed by atoms with Gasteiger partial charge in [0.2, 0.25) is 11.7 Å². The monoisotopic (exact) mass is 435 g/mol. The third-order valence-electron chi connectivity index (χ3n) is 5.48. The molecule has 10 heteroatoms. The van der Waals surface area contributed by atoms with E-state index in [1.807, 2.05) is 11.8 Å². The van der Waals surface area contributed by atoms with Gasteiger partial charge in [0.25, 0.3) is 0 Å². The van der Waals surface area contributed by atoms with E-state index in [2.05, 4.69) is 20.0 Å². The van der Waals surface area contributed by atoms with E-state index in [1.165, 1.54) is 12.1 Å². The molecule has 0 N–H and O–H groups in total. The van der Waals surface area contributed by atoms with Gasteiger partial charge in [-0.05, 0) is 49.7 Å². The highest BCUT2D eigenvalue weighted by molar-refractivity contribution is 5.55. The third-order valence-corrected chi connectivity index (χ3v) is 5.48. The summed E-state index contributed by atoms with van der Waals surface area (Å²) in [6.45, 7) is 6.18. The summed E-state index contributed by atoms with van der Waals surface area (Å²) in [7, 11) is 0. The Morgan fingerprint density at radius 3 is 2.42 bits per heavy atom. The van der Waals surface area contributed by atoms with Crippen molar-refractivity contribution in [2.45, 2.75) is 26.1 Å². The Balaban J connectivity index is 1.39. The van der Waals surface area contributed by atoms with E-state index in [9.17, 15) is 17.6 Å². The van der Waals surface area contributed by atoms with Crippen molar-refractivity contribution in [3.8, 4) is 11.4 Å². The summed E-state index contributed by atoms with van der Waals surface area (Å²) in [4.78, 5) is 12.5. The minimum Gasteiger partial charge on any atom is -0.354 e. The first-order chi connectivity index (χ1) is 14.7. The molecule has 1 saturated heterocycles. The predicted octanol–water partition coefficient (Wildman–Crippen LogP) is 4.48. The lowest BCUT2D eigenvalue weighted by atomic mass is 10.1. The standard InChI is InChI=1S/C21H21F4N5O/c1-13-11-15(3-5-17(13)22)19-27-20(31-28-19)14(2)29-7-9-30(10-8-29)18-6-4-16(12-26-18)21(23,24)25/h3-6,11-12,14H,7-10H2,1-2H3. The molecule has 0 aliphatic carbocycles. The molecular formula is C21H21F4N5O. The van der Waals surface area contributed by atoms with Crippen LogP contribution in [0.3, 0.4) is 0 Å². The smallest absolute Gasteiger partial charge is 0.354 e. The fraction of sp³-hybridized carbons (Fsp3) is 0.381. The minimum atomic E-state index is -4.39. The summed E-state index contributed by atoms with van der Waals surface area (Å²) in [6, 6.07) is 6.97. The first kappa shape index (κ1) is 21.2. The molecule has 1 atom stereocenters. The summed E-state index contributed by atoms with van der Waals surface area (Å²) in [6.07, 6.45) is -3.53. The van der Waals surface area contributed by atoms with Crippen LogP contribution in [0.25, 0.3) is 11.4 Å². The molecular weight excluding hydrogens is 414 g/mol. The number of pyridine rings is 1. The van der Waals surface area contributed by atoms with Crippen molar-refractivity contribution in [2.24, 2.45) is 0 Å². The summed E-state index contributed by atoms with van der Waals surface area (Å²) < 4.78 is 57.1. The van der Waals surface area contributed by atoms with Gasteiger partial charge in [-0.2, -0.15) is 18.2 Å². The lowest BCUT2D eigenvalue weighted by Gasteiger charge is -2.37. The Morgan fingerprint density at radius 1 is 1.06 bits per heavy atom. The number of benzene rings is 1. The van der Waals surface area contributed by atoms with Gasteiger partial charge in [0.1, 0.15) is 11.6 Å². The Kier molecular flexibility index (Phi) is 5.65. The fourth-order valence-electron chi connectivity index (χ4n) is 3.54. The van der Waals surface area contributed by atoms with Crippen molar-refractivity contribution in [1.29, 1.82) is 0 Å². The van der Waals surface area contributed by atoms with E-state index >= 15 is 0 Å². The normalized spacial score (nSPS) is 16.5. The van der Waals surface area contributed by atoms with Gasteiger partial charge in [0.15, 0.2) is 0 Å². The summed E-state index contributed by atoms with van der Waals surface area (Å²) >= 11 is 0. The van der Waals surface area contributed by atoms with Crippen LogP contribution >= 0.6 is 0 Å². The molecule has 4 rings (SSSR count). The molecule has 0 radical (unpaired) electrons. The molecule has 0 amide bonds. The van der Waals surface area contributed by atoms with Crippen LogP contribution in [0.15, 0.2) is 41.1 Å². The Bertz CT molecular complexity index is 1040. The van der Waals surface area contributed by atoms with Crippen LogP contribution in [0.1, 0.15) is 30.0 Å². The summed E-state index contributed by atoms with van der Waals surface area (Å²) in [5.41, 5.74) is 0.427. The van der Waals surface area contributed by atoms with Crippen molar-refractivity contribution in [3.63, 3.8) is 0 Å². The van der Waals surface area contributed by atoms with Crippen LogP contribution in [0.5, 0.6) is 0 Å². The van der Waals surface area contributed by atoms with Crippen molar-refractivity contribution < 1.29 is 22.1 Å². The molecule has 1 fully saturated rings. The molecule has 3 aromatic rings. The van der Waals surface area contributed by atoms with Crippen molar-refractivity contribution >= 4 is 5.82 Å². The van der Waals surface area contributed by atoms with Crippen molar-refractivity contribution in [3.05, 3.63) is 59.4 Å². The van der Waals surface area contributed by atoms with Gasteiger partial charge in [-0.1, -0.05) is 5.16 Å². The van der Waals surface area contributed by atoms with Gasteiger partial charge in [-0.3, -0.25) is 4.90 Å². The molecule has 164 valence electrons. The van der Waals surface area contributed by atoms with Crippen LogP contribution in [-0.4, -0.2) is 46.2 Å². The van der Waals surface area contributed by atoms with Crippen molar-refractivity contribution in [1.82, 2.24) is 20.0 Å². The zero-order chi connectivity index (χ0) is 22.2. The largest absolute Gasteiger partial charge is 0.417 e. The third kappa shape index (κ3) is 4.53. The lowest BCUT2D eigenvalue weighted by Crippen LogP contribution is -2.47. The van der Waals surface area contributed by atoms with Gasteiger partial charge in [-0.15, -0.1) is 0 Å². The predicted molar refractivity (Wildman–Crippen MR) is 106 cm³/mol. The van der Waals surface area contributed by atoms with Gasteiger partial charge in [0.05, 0.1) is 11.6 Å². The van der Waals surface area contributed by atoms with E-state index in [-0.39, 0.29) is 11.9 Å². The van der Waals surface area contributed by atoms with Crippen LogP contribution in [0, 0.1) is 12.7 Å². The zero-order valence-electron chi connectivity index (χ0n) is 17.0. The molecule has 0 saturated carbocycles. The average molecular weight is 435 g/mol. The molecule has 1 aliphatic rings. The number of nitrogens with zero attached hydrogens (tertiary/aromatic N) is 5. The number of rotatable bonds is 4. The lowest BCUT2D eigenvalue weighted by molar-refractivity contribution is -0.137. The Labute approximate surface area is 176 Å². The van der Waals surface area contributed by atoms with Gasteiger partial charge in [-0.25, -0.2) is 9.37 Å². The molecule has 6 nitrogen and oxygen atoms in total. The quantitative estimate of drug-likeness (QED) is 0.564. The molecule has 0 bridgehead atoms. The topological polar surface area (TPSA) is 58.3 Å². The Morgan fingerprint density at radius 2 is 1.81 bits per heavy atom. The molecule has 2 aromatic heterocycles. The van der Waals surface area contributed by atoms with E-state index in [0.717, 1.165) is 12.3 Å². The van der Waals surface area contributed by atoms with Crippen LogP contribution in [0.4, 0.5) is 23.4 Å². The highest BCUT2D eigenvalue weighted by Gasteiger charge is 2.31. The van der Waals surface area contributed by atoms with E-state index in [0.29, 0.717) is 54.8 Å². The number of piperazine rings is 1. The van der Waals surface area contributed by atoms with Gasteiger partial charge >= 0.3 is 6.18 Å². The number of alkyl halides is 3. The first-order valence-electron chi connectivity index (χ1n) is 9.85. The highest BCUT2D eigenvalue weighted by Crippen LogP contribution is 2.30. The number of aryl methyl sites for hydroxylation is 1. The number of halogens is 4. The maximum absolute atomic E-state index is 13.5. The molecule has 1 unspecified atom stereocenters. The molecule has 3 heterocycles. The van der Waals surface area contributed by atoms with Crippen LogP contribution in [-0.2, 0) is 6.18 Å². The van der Waals surface area contributed by atoms with Crippen LogP contribution in [0.2, 0.25) is 0 Å². The number of aromatic nitrogens is 3. The second kappa shape index (κ2) is 8.26. The second-order valence-electron chi connectivity index (χ2n) is 7.52. The van der Waals surface area contributed by atoms with Gasteiger partial charge < -0.3 is 9.42 Å². The SMILES string of the molecule is Cc1cc(-c2noc(C(C)N3CCN(c4ccc(C(F)(F)F)cn4)CC3)n2)ccc1F. The average Bonchev–Trinajstić information content (AvgIpc) is 3.25. The highest BCUT2D eigenvalue weighted by atomic mass is 19.4.